The minimum atomic E-state index is -3.21. The molecule has 0 unspecified atom stereocenters. The molecule has 96 valence electrons. The first-order chi connectivity index (χ1) is 8.16. The molecule has 2 rings (SSSR count). The summed E-state index contributed by atoms with van der Waals surface area (Å²) < 4.78 is 30.3. The van der Waals surface area contributed by atoms with Crippen molar-refractivity contribution in [3.8, 4) is 0 Å². The number of nitrogens with one attached hydrogen (secondary N) is 2. The number of aromatic nitrogens is 2. The molecule has 7 nitrogen and oxygen atoms in total. The van der Waals surface area contributed by atoms with Gasteiger partial charge in [-0.25, -0.2) is 13.1 Å². The third-order valence-corrected chi connectivity index (χ3v) is 3.83. The Bertz CT molecular complexity index is 427. The zero-order chi connectivity index (χ0) is 12.1. The summed E-state index contributed by atoms with van der Waals surface area (Å²) in [5.74, 6) is 0.539. The molecule has 2 N–H and O–H groups in total. The lowest BCUT2D eigenvalue weighted by molar-refractivity contribution is 0.377. The Morgan fingerprint density at radius 1 is 1.41 bits per heavy atom. The van der Waals surface area contributed by atoms with E-state index in [1.54, 1.807) is 0 Å². The largest absolute Gasteiger partial charge is 0.340 e. The molecular formula is C9H16N4O3S. The summed E-state index contributed by atoms with van der Waals surface area (Å²) >= 11 is 0. The molecule has 0 aromatic carbocycles. The van der Waals surface area contributed by atoms with E-state index in [4.69, 9.17) is 4.52 Å². The molecule has 8 heteroatoms. The number of rotatable bonds is 8. The van der Waals surface area contributed by atoms with Crippen LogP contribution in [0.4, 0.5) is 0 Å². The Morgan fingerprint density at radius 2 is 2.24 bits per heavy atom. The smallest absolute Gasteiger partial charge is 0.227 e. The van der Waals surface area contributed by atoms with Crippen LogP contribution in [-0.4, -0.2) is 43.4 Å². The maximum Gasteiger partial charge on any atom is 0.227 e. The molecule has 0 amide bonds. The lowest BCUT2D eigenvalue weighted by Gasteiger charge is -2.05. The molecule has 1 aliphatic carbocycles. The second-order valence-corrected chi connectivity index (χ2v) is 5.95. The fourth-order valence-corrected chi connectivity index (χ4v) is 2.32. The van der Waals surface area contributed by atoms with E-state index in [1.165, 1.54) is 6.33 Å². The van der Waals surface area contributed by atoms with E-state index >= 15 is 0 Å². The molecule has 0 saturated heterocycles. The van der Waals surface area contributed by atoms with Gasteiger partial charge in [0.15, 0.2) is 6.33 Å². The van der Waals surface area contributed by atoms with Crippen LogP contribution in [0.2, 0.25) is 0 Å². The average Bonchev–Trinajstić information content (AvgIpc) is 2.93. The van der Waals surface area contributed by atoms with E-state index in [2.05, 4.69) is 20.2 Å². The molecule has 0 aliphatic heterocycles. The van der Waals surface area contributed by atoms with Gasteiger partial charge in [-0.2, -0.15) is 4.98 Å². The standard InChI is InChI=1S/C9H16N4O3S/c14-17(15,6-5-10-8-1-2-8)13-4-3-9-11-7-12-16-9/h7-8,10,13H,1-6H2. The number of sulfonamides is 1. The summed E-state index contributed by atoms with van der Waals surface area (Å²) in [5, 5.41) is 6.60. The number of hydrogen-bond donors (Lipinski definition) is 2. The normalized spacial score (nSPS) is 16.2. The van der Waals surface area contributed by atoms with Crippen molar-refractivity contribution in [2.75, 3.05) is 18.8 Å². The Morgan fingerprint density at radius 3 is 2.88 bits per heavy atom. The van der Waals surface area contributed by atoms with Crippen molar-refractivity contribution in [2.24, 2.45) is 0 Å². The van der Waals surface area contributed by atoms with Crippen molar-refractivity contribution in [1.29, 1.82) is 0 Å². The maximum atomic E-state index is 11.5. The summed E-state index contributed by atoms with van der Waals surface area (Å²) in [5.41, 5.74) is 0. The fraction of sp³-hybridized carbons (Fsp3) is 0.778. The molecule has 0 spiro atoms. The van der Waals surface area contributed by atoms with Crippen LogP contribution >= 0.6 is 0 Å². The fourth-order valence-electron chi connectivity index (χ4n) is 1.38. The second kappa shape index (κ2) is 5.56. The first kappa shape index (κ1) is 12.5. The minimum absolute atomic E-state index is 0.104. The van der Waals surface area contributed by atoms with Crippen LogP contribution in [0.25, 0.3) is 0 Å². The van der Waals surface area contributed by atoms with Crippen LogP contribution < -0.4 is 10.0 Å². The van der Waals surface area contributed by atoms with Crippen LogP contribution in [0.5, 0.6) is 0 Å². The summed E-state index contributed by atoms with van der Waals surface area (Å²) in [6, 6.07) is 0.531. The molecule has 1 aliphatic rings. The molecule has 0 atom stereocenters. The summed E-state index contributed by atoms with van der Waals surface area (Å²) in [7, 11) is -3.21. The number of hydrogen-bond acceptors (Lipinski definition) is 6. The Hall–Kier alpha value is -0.990. The monoisotopic (exact) mass is 260 g/mol. The van der Waals surface area contributed by atoms with Gasteiger partial charge >= 0.3 is 0 Å². The molecule has 0 bridgehead atoms. The van der Waals surface area contributed by atoms with Crippen molar-refractivity contribution < 1.29 is 12.9 Å². The van der Waals surface area contributed by atoms with Crippen molar-refractivity contribution in [3.05, 3.63) is 12.2 Å². The van der Waals surface area contributed by atoms with Gasteiger partial charge in [-0.05, 0) is 12.8 Å². The van der Waals surface area contributed by atoms with Gasteiger partial charge in [0.05, 0.1) is 5.75 Å². The van der Waals surface area contributed by atoms with E-state index in [0.717, 1.165) is 12.8 Å². The maximum absolute atomic E-state index is 11.5. The summed E-state index contributed by atoms with van der Waals surface area (Å²) in [4.78, 5) is 3.80. The van der Waals surface area contributed by atoms with Gasteiger partial charge < -0.3 is 9.84 Å². The van der Waals surface area contributed by atoms with Gasteiger partial charge in [0.25, 0.3) is 0 Å². The highest BCUT2D eigenvalue weighted by Crippen LogP contribution is 2.17. The molecule has 1 aromatic rings. The summed E-state index contributed by atoms with van der Waals surface area (Å²) in [6.07, 6.45) is 4.02. The van der Waals surface area contributed by atoms with Gasteiger partial charge in [0.1, 0.15) is 0 Å². The highest BCUT2D eigenvalue weighted by molar-refractivity contribution is 7.89. The third kappa shape index (κ3) is 4.80. The first-order valence-corrected chi connectivity index (χ1v) is 7.27. The zero-order valence-corrected chi connectivity index (χ0v) is 10.2. The lowest BCUT2D eigenvalue weighted by atomic mass is 10.4. The molecule has 1 heterocycles. The Labute approximate surface area is 100 Å². The van der Waals surface area contributed by atoms with Crippen LogP contribution in [0.1, 0.15) is 18.7 Å². The molecular weight excluding hydrogens is 244 g/mol. The quantitative estimate of drug-likeness (QED) is 0.640. The first-order valence-electron chi connectivity index (χ1n) is 5.62. The summed E-state index contributed by atoms with van der Waals surface area (Å²) in [6.45, 7) is 0.786. The van der Waals surface area contributed by atoms with Crippen LogP contribution in [-0.2, 0) is 16.4 Å². The topological polar surface area (TPSA) is 97.1 Å². The predicted octanol–water partition coefficient (Wildman–Crippen LogP) is -0.716. The van der Waals surface area contributed by atoms with Crippen LogP contribution in [0.3, 0.4) is 0 Å². The van der Waals surface area contributed by atoms with Gasteiger partial charge in [0, 0.05) is 25.6 Å². The highest BCUT2D eigenvalue weighted by Gasteiger charge is 2.21. The highest BCUT2D eigenvalue weighted by atomic mass is 32.2. The predicted molar refractivity (Wildman–Crippen MR) is 60.8 cm³/mol. The zero-order valence-electron chi connectivity index (χ0n) is 9.42. The van der Waals surface area contributed by atoms with Gasteiger partial charge in [-0.3, -0.25) is 0 Å². The van der Waals surface area contributed by atoms with E-state index in [0.29, 0.717) is 24.9 Å². The molecule has 1 fully saturated rings. The minimum Gasteiger partial charge on any atom is -0.340 e. The van der Waals surface area contributed by atoms with Crippen molar-refractivity contribution in [1.82, 2.24) is 20.2 Å². The second-order valence-electron chi connectivity index (χ2n) is 4.03. The van der Waals surface area contributed by atoms with Crippen molar-refractivity contribution in [3.63, 3.8) is 0 Å². The molecule has 0 radical (unpaired) electrons. The Balaban J connectivity index is 1.62. The third-order valence-electron chi connectivity index (χ3n) is 2.45. The molecule has 1 saturated carbocycles. The van der Waals surface area contributed by atoms with Crippen molar-refractivity contribution >= 4 is 10.0 Å². The van der Waals surface area contributed by atoms with Crippen LogP contribution in [0.15, 0.2) is 10.9 Å². The van der Waals surface area contributed by atoms with E-state index in [9.17, 15) is 8.42 Å². The SMILES string of the molecule is O=S(=O)(CCNC1CC1)NCCc1ncno1. The molecule has 17 heavy (non-hydrogen) atoms. The van der Waals surface area contributed by atoms with Gasteiger partial charge in [0.2, 0.25) is 15.9 Å². The van der Waals surface area contributed by atoms with E-state index in [1.807, 2.05) is 0 Å². The van der Waals surface area contributed by atoms with E-state index in [-0.39, 0.29) is 12.3 Å². The number of nitrogens with zero attached hydrogens (tertiary/aromatic N) is 2. The Kier molecular flexibility index (Phi) is 4.08. The van der Waals surface area contributed by atoms with Gasteiger partial charge in [-0.1, -0.05) is 5.16 Å². The van der Waals surface area contributed by atoms with Crippen LogP contribution in [0, 0.1) is 0 Å². The van der Waals surface area contributed by atoms with E-state index < -0.39 is 10.0 Å². The molecule has 1 aromatic heterocycles. The van der Waals surface area contributed by atoms with Gasteiger partial charge in [-0.15, -0.1) is 0 Å². The lowest BCUT2D eigenvalue weighted by Crippen LogP contribution is -2.33. The average molecular weight is 260 g/mol. The van der Waals surface area contributed by atoms with Crippen molar-refractivity contribution in [2.45, 2.75) is 25.3 Å².